The van der Waals surface area contributed by atoms with Crippen molar-refractivity contribution < 1.29 is 23.8 Å². The summed E-state index contributed by atoms with van der Waals surface area (Å²) in [5.74, 6) is 1.23. The summed E-state index contributed by atoms with van der Waals surface area (Å²) in [6.45, 7) is 5.04. The molecule has 1 unspecified atom stereocenters. The third-order valence-corrected chi connectivity index (χ3v) is 5.40. The molecule has 2 aromatic carbocycles. The van der Waals surface area contributed by atoms with Gasteiger partial charge in [-0.2, -0.15) is 0 Å². The lowest BCUT2D eigenvalue weighted by Gasteiger charge is -2.19. The highest BCUT2D eigenvalue weighted by Gasteiger charge is 2.35. The summed E-state index contributed by atoms with van der Waals surface area (Å²) in [6, 6.07) is 10.9. The third-order valence-electron chi connectivity index (χ3n) is 5.40. The van der Waals surface area contributed by atoms with E-state index in [1.807, 2.05) is 25.1 Å². The van der Waals surface area contributed by atoms with Gasteiger partial charge in [0.15, 0.2) is 11.5 Å². The van der Waals surface area contributed by atoms with E-state index in [2.05, 4.69) is 12.2 Å². The molecule has 0 saturated carbocycles. The van der Waals surface area contributed by atoms with Gasteiger partial charge in [0.05, 0.1) is 26.7 Å². The first-order chi connectivity index (χ1) is 15.0. The molecule has 0 radical (unpaired) electrons. The SMILES string of the molecule is CCCCOc1ccc(NC(=O)C2CC(=O)N(c3ccc(OC)c(OC)c3)C2)c(C)c1. The molecule has 0 aromatic heterocycles. The summed E-state index contributed by atoms with van der Waals surface area (Å²) < 4.78 is 16.3. The van der Waals surface area contributed by atoms with Crippen LogP contribution in [0.1, 0.15) is 31.7 Å². The molecular formula is C24H30N2O5. The van der Waals surface area contributed by atoms with Crippen molar-refractivity contribution >= 4 is 23.2 Å². The van der Waals surface area contributed by atoms with Crippen molar-refractivity contribution in [1.82, 2.24) is 0 Å². The number of methoxy groups -OCH3 is 2. The highest BCUT2D eigenvalue weighted by atomic mass is 16.5. The maximum absolute atomic E-state index is 12.8. The first-order valence-electron chi connectivity index (χ1n) is 10.5. The molecule has 1 N–H and O–H groups in total. The second-order valence-electron chi connectivity index (χ2n) is 7.61. The molecule has 7 heteroatoms. The van der Waals surface area contributed by atoms with Crippen LogP contribution in [0.4, 0.5) is 11.4 Å². The van der Waals surface area contributed by atoms with Crippen molar-refractivity contribution in [2.24, 2.45) is 5.92 Å². The predicted octanol–water partition coefficient (Wildman–Crippen LogP) is 4.18. The van der Waals surface area contributed by atoms with Crippen LogP contribution >= 0.6 is 0 Å². The van der Waals surface area contributed by atoms with Crippen LogP contribution in [-0.4, -0.2) is 39.2 Å². The van der Waals surface area contributed by atoms with Gasteiger partial charge in [0.1, 0.15) is 5.75 Å². The molecule has 1 aliphatic heterocycles. The largest absolute Gasteiger partial charge is 0.494 e. The highest BCUT2D eigenvalue weighted by molar-refractivity contribution is 6.03. The number of hydrogen-bond donors (Lipinski definition) is 1. The Morgan fingerprint density at radius 3 is 2.58 bits per heavy atom. The topological polar surface area (TPSA) is 77.1 Å². The van der Waals surface area contributed by atoms with Gasteiger partial charge in [-0.25, -0.2) is 0 Å². The number of ether oxygens (including phenoxy) is 3. The Labute approximate surface area is 183 Å². The molecule has 1 heterocycles. The summed E-state index contributed by atoms with van der Waals surface area (Å²) in [4.78, 5) is 27.0. The standard InChI is InChI=1S/C24H30N2O5/c1-5-6-11-31-19-8-9-20(16(2)12-19)25-24(28)17-13-23(27)26(15-17)18-7-10-21(29-3)22(14-18)30-4/h7-10,12,14,17H,5-6,11,13,15H2,1-4H3,(H,25,28). The summed E-state index contributed by atoms with van der Waals surface area (Å²) in [6.07, 6.45) is 2.24. The van der Waals surface area contributed by atoms with Crippen molar-refractivity contribution in [3.63, 3.8) is 0 Å². The van der Waals surface area contributed by atoms with Crippen molar-refractivity contribution in [3.8, 4) is 17.2 Å². The number of benzene rings is 2. The zero-order chi connectivity index (χ0) is 22.4. The maximum Gasteiger partial charge on any atom is 0.229 e. The molecule has 2 amide bonds. The Bertz CT molecular complexity index is 944. The number of carbonyl (C=O) groups is 2. The molecule has 3 rings (SSSR count). The van der Waals surface area contributed by atoms with E-state index in [0.29, 0.717) is 30.3 Å². The lowest BCUT2D eigenvalue weighted by molar-refractivity contribution is -0.122. The predicted molar refractivity (Wildman–Crippen MR) is 120 cm³/mol. The second kappa shape index (κ2) is 10.2. The van der Waals surface area contributed by atoms with E-state index in [1.54, 1.807) is 37.3 Å². The van der Waals surface area contributed by atoms with Crippen LogP contribution in [0.2, 0.25) is 0 Å². The normalized spacial score (nSPS) is 15.7. The van der Waals surface area contributed by atoms with Crippen LogP contribution in [0, 0.1) is 12.8 Å². The van der Waals surface area contributed by atoms with Crippen LogP contribution in [0.3, 0.4) is 0 Å². The van der Waals surface area contributed by atoms with E-state index in [4.69, 9.17) is 14.2 Å². The lowest BCUT2D eigenvalue weighted by atomic mass is 10.1. The Balaban J connectivity index is 1.65. The number of carbonyl (C=O) groups excluding carboxylic acids is 2. The van der Waals surface area contributed by atoms with Crippen molar-refractivity contribution in [2.45, 2.75) is 33.1 Å². The summed E-state index contributed by atoms with van der Waals surface area (Å²) in [7, 11) is 3.11. The van der Waals surface area contributed by atoms with Gasteiger partial charge in [0.2, 0.25) is 11.8 Å². The van der Waals surface area contributed by atoms with Crippen molar-refractivity contribution in [3.05, 3.63) is 42.0 Å². The van der Waals surface area contributed by atoms with Crippen LogP contribution in [0.25, 0.3) is 0 Å². The Morgan fingerprint density at radius 2 is 1.90 bits per heavy atom. The van der Waals surface area contributed by atoms with Crippen LogP contribution in [0.5, 0.6) is 17.2 Å². The zero-order valence-electron chi connectivity index (χ0n) is 18.6. The number of aryl methyl sites for hydroxylation is 1. The van der Waals surface area contributed by atoms with Crippen molar-refractivity contribution in [2.75, 3.05) is 37.6 Å². The van der Waals surface area contributed by atoms with E-state index < -0.39 is 5.92 Å². The third kappa shape index (κ3) is 5.29. The monoisotopic (exact) mass is 426 g/mol. The van der Waals surface area contributed by atoms with Gasteiger partial charge in [-0.1, -0.05) is 13.3 Å². The molecule has 1 atom stereocenters. The van der Waals surface area contributed by atoms with Crippen LogP contribution < -0.4 is 24.4 Å². The van der Waals surface area contributed by atoms with E-state index >= 15 is 0 Å². The molecule has 0 spiro atoms. The number of rotatable bonds is 9. The maximum atomic E-state index is 12.8. The van der Waals surface area contributed by atoms with Crippen molar-refractivity contribution in [1.29, 1.82) is 0 Å². The molecular weight excluding hydrogens is 396 g/mol. The van der Waals surface area contributed by atoms with Gasteiger partial charge in [0.25, 0.3) is 0 Å². The fourth-order valence-electron chi connectivity index (χ4n) is 3.56. The smallest absolute Gasteiger partial charge is 0.229 e. The summed E-state index contributed by atoms with van der Waals surface area (Å²) in [5.41, 5.74) is 2.33. The minimum atomic E-state index is -0.430. The van der Waals surface area contributed by atoms with E-state index in [9.17, 15) is 9.59 Å². The molecule has 1 aliphatic rings. The molecule has 2 aromatic rings. The minimum Gasteiger partial charge on any atom is -0.494 e. The fraction of sp³-hybridized carbons (Fsp3) is 0.417. The van der Waals surface area contributed by atoms with Gasteiger partial charge in [-0.3, -0.25) is 9.59 Å². The van der Waals surface area contributed by atoms with Gasteiger partial charge in [-0.05, 0) is 49.2 Å². The quantitative estimate of drug-likeness (QED) is 0.609. The van der Waals surface area contributed by atoms with Gasteiger partial charge in [0, 0.05) is 30.4 Å². The first-order valence-corrected chi connectivity index (χ1v) is 10.5. The Morgan fingerprint density at radius 1 is 1.13 bits per heavy atom. The molecule has 0 bridgehead atoms. The Kier molecular flexibility index (Phi) is 7.39. The fourth-order valence-corrected chi connectivity index (χ4v) is 3.56. The number of anilines is 2. The van der Waals surface area contributed by atoms with E-state index in [0.717, 1.165) is 29.8 Å². The molecule has 0 aliphatic carbocycles. The number of nitrogens with zero attached hydrogens (tertiary/aromatic N) is 1. The van der Waals surface area contributed by atoms with Crippen LogP contribution in [0.15, 0.2) is 36.4 Å². The van der Waals surface area contributed by atoms with Gasteiger partial charge in [-0.15, -0.1) is 0 Å². The number of amides is 2. The second-order valence-corrected chi connectivity index (χ2v) is 7.61. The zero-order valence-corrected chi connectivity index (χ0v) is 18.6. The highest BCUT2D eigenvalue weighted by Crippen LogP contribution is 2.34. The van der Waals surface area contributed by atoms with E-state index in [-0.39, 0.29) is 18.2 Å². The summed E-state index contributed by atoms with van der Waals surface area (Å²) >= 11 is 0. The molecule has 7 nitrogen and oxygen atoms in total. The summed E-state index contributed by atoms with van der Waals surface area (Å²) in [5, 5.41) is 2.96. The van der Waals surface area contributed by atoms with E-state index in [1.165, 1.54) is 0 Å². The molecule has 31 heavy (non-hydrogen) atoms. The molecule has 1 saturated heterocycles. The number of nitrogens with one attached hydrogen (secondary N) is 1. The number of unbranched alkanes of at least 4 members (excludes halogenated alkanes) is 1. The van der Waals surface area contributed by atoms with Crippen LogP contribution in [-0.2, 0) is 9.59 Å². The lowest BCUT2D eigenvalue weighted by Crippen LogP contribution is -2.28. The minimum absolute atomic E-state index is 0.0937. The molecule has 1 fully saturated rings. The Hall–Kier alpha value is -3.22. The average Bonchev–Trinajstić information content (AvgIpc) is 3.17. The first kappa shape index (κ1) is 22.5. The van der Waals surface area contributed by atoms with Gasteiger partial charge >= 0.3 is 0 Å². The average molecular weight is 427 g/mol. The van der Waals surface area contributed by atoms with Gasteiger partial charge < -0.3 is 24.4 Å². The molecule has 166 valence electrons. The number of hydrogen-bond acceptors (Lipinski definition) is 5.